The number of carbonyl (C=O) groups is 4. The lowest BCUT2D eigenvalue weighted by molar-refractivity contribution is -0.0000734. The van der Waals surface area contributed by atoms with Crippen LogP contribution in [0.5, 0.6) is 5.75 Å². The third-order valence-corrected chi connectivity index (χ3v) is 6.71. The standard InChI is InChI=1S/C31H34N6O7/c1-5-13-32-28(39)22-8-7-19(3)25(15-22)37(31(42)44-18-43-30(41)21-9-11-23(38)12-10-21)27-26-20(4)24(29(40)33-14-6-2)16-36(26)35-17-34-27/h7-12,15-17,38H,5-6,13-14,18H2,1-4H3,(H,32,39)(H,33,40). The third-order valence-electron chi connectivity index (χ3n) is 6.71. The van der Waals surface area contributed by atoms with E-state index in [0.29, 0.717) is 40.9 Å². The van der Waals surface area contributed by atoms with E-state index in [0.717, 1.165) is 17.7 Å². The molecule has 0 radical (unpaired) electrons. The number of phenolic OH excluding ortho intramolecular Hbond substituents is 1. The van der Waals surface area contributed by atoms with Crippen LogP contribution in [-0.4, -0.2) is 63.5 Å². The first-order chi connectivity index (χ1) is 21.2. The second-order valence-electron chi connectivity index (χ2n) is 9.90. The fraction of sp³-hybridized carbons (Fsp3) is 0.290. The molecule has 0 atom stereocenters. The first kappa shape index (κ1) is 31.5. The van der Waals surface area contributed by atoms with Crippen molar-refractivity contribution in [2.24, 2.45) is 0 Å². The summed E-state index contributed by atoms with van der Waals surface area (Å²) >= 11 is 0. The summed E-state index contributed by atoms with van der Waals surface area (Å²) in [5, 5.41) is 19.4. The number of amides is 3. The Morgan fingerprint density at radius 1 is 0.909 bits per heavy atom. The number of benzene rings is 2. The highest BCUT2D eigenvalue weighted by atomic mass is 16.7. The molecule has 3 N–H and O–H groups in total. The van der Waals surface area contributed by atoms with Crippen LogP contribution >= 0.6 is 0 Å². The summed E-state index contributed by atoms with van der Waals surface area (Å²) in [6, 6.07) is 10.3. The van der Waals surface area contributed by atoms with Crippen LogP contribution in [0.25, 0.3) is 5.52 Å². The second-order valence-corrected chi connectivity index (χ2v) is 9.90. The molecular formula is C31H34N6O7. The van der Waals surface area contributed by atoms with E-state index in [9.17, 15) is 24.3 Å². The normalized spacial score (nSPS) is 10.7. The summed E-state index contributed by atoms with van der Waals surface area (Å²) in [5.41, 5.74) is 2.55. The minimum atomic E-state index is -0.962. The molecule has 0 spiro atoms. The van der Waals surface area contributed by atoms with Gasteiger partial charge in [0.15, 0.2) is 5.82 Å². The van der Waals surface area contributed by atoms with Crippen molar-refractivity contribution in [3.63, 3.8) is 0 Å². The van der Waals surface area contributed by atoms with Gasteiger partial charge in [0.2, 0.25) is 6.79 Å². The minimum absolute atomic E-state index is 0.0209. The van der Waals surface area contributed by atoms with Gasteiger partial charge in [-0.3, -0.25) is 9.59 Å². The predicted octanol–water partition coefficient (Wildman–Crippen LogP) is 4.42. The SMILES string of the molecule is CCCNC(=O)c1ccc(C)c(N(C(=O)OCOC(=O)c2ccc(O)cc2)c2ncnn3cc(C(=O)NCCC)c(C)c23)c1. The van der Waals surface area contributed by atoms with Crippen molar-refractivity contribution < 1.29 is 33.8 Å². The maximum atomic E-state index is 13.8. The molecule has 2 aromatic carbocycles. The molecule has 13 heteroatoms. The highest BCUT2D eigenvalue weighted by molar-refractivity contribution is 6.05. The molecule has 230 valence electrons. The summed E-state index contributed by atoms with van der Waals surface area (Å²) < 4.78 is 12.0. The number of aryl methyl sites for hydroxylation is 2. The van der Waals surface area contributed by atoms with Gasteiger partial charge in [0.1, 0.15) is 17.6 Å². The van der Waals surface area contributed by atoms with Gasteiger partial charge in [0.25, 0.3) is 11.8 Å². The number of aromatic nitrogens is 3. The molecular weight excluding hydrogens is 568 g/mol. The number of anilines is 2. The van der Waals surface area contributed by atoms with Crippen molar-refractivity contribution in [3.8, 4) is 5.75 Å². The van der Waals surface area contributed by atoms with E-state index < -0.39 is 18.9 Å². The van der Waals surface area contributed by atoms with Crippen LogP contribution in [0.3, 0.4) is 0 Å². The monoisotopic (exact) mass is 602 g/mol. The Balaban J connectivity index is 1.74. The quantitative estimate of drug-likeness (QED) is 0.166. The average Bonchev–Trinajstić information content (AvgIpc) is 3.36. The fourth-order valence-electron chi connectivity index (χ4n) is 4.38. The van der Waals surface area contributed by atoms with Gasteiger partial charge in [0.05, 0.1) is 16.8 Å². The fourth-order valence-corrected chi connectivity index (χ4v) is 4.38. The summed E-state index contributed by atoms with van der Waals surface area (Å²) in [6.07, 6.45) is 3.31. The molecule has 0 fully saturated rings. The molecule has 13 nitrogen and oxygen atoms in total. The van der Waals surface area contributed by atoms with Crippen LogP contribution in [0.2, 0.25) is 0 Å². The van der Waals surface area contributed by atoms with Crippen molar-refractivity contribution in [3.05, 3.63) is 82.8 Å². The Morgan fingerprint density at radius 2 is 1.57 bits per heavy atom. The maximum Gasteiger partial charge on any atom is 0.423 e. The molecule has 0 bridgehead atoms. The van der Waals surface area contributed by atoms with Gasteiger partial charge in [-0.05, 0) is 74.2 Å². The van der Waals surface area contributed by atoms with Crippen LogP contribution in [0.4, 0.5) is 16.3 Å². The van der Waals surface area contributed by atoms with E-state index in [1.54, 1.807) is 32.2 Å². The number of phenols is 1. The summed E-state index contributed by atoms with van der Waals surface area (Å²) in [5.74, 6) is -1.35. The van der Waals surface area contributed by atoms with Crippen LogP contribution < -0.4 is 15.5 Å². The smallest absolute Gasteiger partial charge is 0.423 e. The maximum absolute atomic E-state index is 13.8. The van der Waals surface area contributed by atoms with E-state index >= 15 is 0 Å². The van der Waals surface area contributed by atoms with Crippen molar-refractivity contribution in [1.29, 1.82) is 0 Å². The van der Waals surface area contributed by atoms with Crippen molar-refractivity contribution in [1.82, 2.24) is 25.2 Å². The Hall–Kier alpha value is -5.46. The largest absolute Gasteiger partial charge is 0.508 e. The van der Waals surface area contributed by atoms with E-state index in [1.165, 1.54) is 41.2 Å². The zero-order valence-electron chi connectivity index (χ0n) is 24.9. The lowest BCUT2D eigenvalue weighted by atomic mass is 10.1. The summed E-state index contributed by atoms with van der Waals surface area (Å²) in [6.45, 7) is 7.56. The van der Waals surface area contributed by atoms with Gasteiger partial charge in [0, 0.05) is 24.8 Å². The molecule has 2 heterocycles. The van der Waals surface area contributed by atoms with Gasteiger partial charge in [-0.25, -0.2) is 24.0 Å². The van der Waals surface area contributed by atoms with E-state index in [-0.39, 0.29) is 34.6 Å². The Kier molecular flexibility index (Phi) is 10.1. The number of hydrogen-bond donors (Lipinski definition) is 3. The van der Waals surface area contributed by atoms with Crippen molar-refractivity contribution in [2.75, 3.05) is 24.8 Å². The molecule has 0 unspecified atom stereocenters. The Labute approximate surface area is 253 Å². The van der Waals surface area contributed by atoms with Gasteiger partial charge >= 0.3 is 12.1 Å². The number of aromatic hydroxyl groups is 1. The molecule has 44 heavy (non-hydrogen) atoms. The molecule has 0 aliphatic carbocycles. The zero-order valence-corrected chi connectivity index (χ0v) is 24.9. The van der Waals surface area contributed by atoms with Gasteiger partial charge in [-0.1, -0.05) is 19.9 Å². The second kappa shape index (κ2) is 14.1. The first-order valence-corrected chi connectivity index (χ1v) is 14.1. The Morgan fingerprint density at radius 3 is 2.25 bits per heavy atom. The number of hydrogen-bond acceptors (Lipinski definition) is 9. The molecule has 4 aromatic rings. The van der Waals surface area contributed by atoms with Crippen LogP contribution in [0.15, 0.2) is 55.0 Å². The van der Waals surface area contributed by atoms with E-state index in [2.05, 4.69) is 20.7 Å². The minimum Gasteiger partial charge on any atom is -0.508 e. The summed E-state index contributed by atoms with van der Waals surface area (Å²) in [4.78, 5) is 57.5. The van der Waals surface area contributed by atoms with Gasteiger partial charge < -0.3 is 25.2 Å². The molecule has 0 saturated carbocycles. The lowest BCUT2D eigenvalue weighted by Gasteiger charge is -2.24. The molecule has 2 aromatic heterocycles. The number of nitrogens with one attached hydrogen (secondary N) is 2. The van der Waals surface area contributed by atoms with Crippen LogP contribution in [0.1, 0.15) is 68.9 Å². The lowest BCUT2D eigenvalue weighted by Crippen LogP contribution is -2.31. The number of fused-ring (bicyclic) bond motifs is 1. The van der Waals surface area contributed by atoms with Gasteiger partial charge in [-0.15, -0.1) is 0 Å². The zero-order chi connectivity index (χ0) is 31.8. The molecule has 0 aliphatic heterocycles. The third kappa shape index (κ3) is 6.94. The van der Waals surface area contributed by atoms with Crippen LogP contribution in [0, 0.1) is 13.8 Å². The number of esters is 1. The van der Waals surface area contributed by atoms with Crippen molar-refractivity contribution in [2.45, 2.75) is 40.5 Å². The number of nitrogens with zero attached hydrogens (tertiary/aromatic N) is 4. The number of carbonyl (C=O) groups excluding carboxylic acids is 4. The number of rotatable bonds is 11. The first-order valence-electron chi connectivity index (χ1n) is 14.1. The molecule has 0 saturated heterocycles. The molecule has 3 amide bonds. The number of ether oxygens (including phenoxy) is 2. The molecule has 0 aliphatic rings. The summed E-state index contributed by atoms with van der Waals surface area (Å²) in [7, 11) is 0. The Bertz CT molecular complexity index is 1680. The van der Waals surface area contributed by atoms with Gasteiger partial charge in [-0.2, -0.15) is 5.10 Å². The van der Waals surface area contributed by atoms with E-state index in [1.807, 2.05) is 13.8 Å². The van der Waals surface area contributed by atoms with E-state index in [4.69, 9.17) is 9.47 Å². The highest BCUT2D eigenvalue weighted by Gasteiger charge is 2.29. The predicted molar refractivity (Wildman–Crippen MR) is 161 cm³/mol. The van der Waals surface area contributed by atoms with Crippen molar-refractivity contribution >= 4 is 40.9 Å². The molecule has 4 rings (SSSR count). The topological polar surface area (TPSA) is 164 Å². The van der Waals surface area contributed by atoms with Crippen LogP contribution in [-0.2, 0) is 9.47 Å². The highest BCUT2D eigenvalue weighted by Crippen LogP contribution is 2.34. The average molecular weight is 603 g/mol.